The number of rotatable bonds is 4. The van der Waals surface area contributed by atoms with Gasteiger partial charge in [0.1, 0.15) is 5.75 Å². The Labute approximate surface area is 104 Å². The van der Waals surface area contributed by atoms with Gasteiger partial charge in [0.15, 0.2) is 0 Å². The molecule has 1 aliphatic rings. The van der Waals surface area contributed by atoms with Gasteiger partial charge in [-0.2, -0.15) is 0 Å². The maximum Gasteiger partial charge on any atom is 0.124 e. The van der Waals surface area contributed by atoms with Crippen molar-refractivity contribution in [2.75, 3.05) is 0 Å². The molecule has 1 aromatic rings. The molecule has 0 amide bonds. The van der Waals surface area contributed by atoms with Gasteiger partial charge < -0.3 is 10.5 Å². The second kappa shape index (κ2) is 5.54. The topological polar surface area (TPSA) is 35.2 Å². The zero-order valence-corrected chi connectivity index (χ0v) is 10.9. The standard InChI is InChI=1S/C15H23NO/c1-11(2)17-14-10-6-5-9-13(14)15(16)12-7-3-4-8-12/h5-6,9-12,15H,3-4,7-8,16H2,1-2H3/t15-/m0/s1. The van der Waals surface area contributed by atoms with Gasteiger partial charge in [-0.1, -0.05) is 31.0 Å². The molecular formula is C15H23NO. The van der Waals surface area contributed by atoms with Crippen LogP contribution in [0, 0.1) is 5.92 Å². The Hall–Kier alpha value is -1.02. The van der Waals surface area contributed by atoms with Crippen LogP contribution in [0.1, 0.15) is 51.1 Å². The van der Waals surface area contributed by atoms with Crippen molar-refractivity contribution in [2.45, 2.75) is 51.7 Å². The highest BCUT2D eigenvalue weighted by Gasteiger charge is 2.25. The molecule has 0 heterocycles. The molecule has 2 N–H and O–H groups in total. The van der Waals surface area contributed by atoms with Crippen molar-refractivity contribution in [3.8, 4) is 5.75 Å². The summed E-state index contributed by atoms with van der Waals surface area (Å²) in [6.07, 6.45) is 5.37. The molecule has 17 heavy (non-hydrogen) atoms. The molecule has 2 rings (SSSR count). The highest BCUT2D eigenvalue weighted by atomic mass is 16.5. The first-order chi connectivity index (χ1) is 8.18. The van der Waals surface area contributed by atoms with Crippen LogP contribution in [-0.2, 0) is 0 Å². The first kappa shape index (κ1) is 12.4. The van der Waals surface area contributed by atoms with Crippen LogP contribution in [0.4, 0.5) is 0 Å². The van der Waals surface area contributed by atoms with Gasteiger partial charge in [0.25, 0.3) is 0 Å². The summed E-state index contributed by atoms with van der Waals surface area (Å²) in [7, 11) is 0. The monoisotopic (exact) mass is 233 g/mol. The second-order valence-corrected chi connectivity index (χ2v) is 5.27. The summed E-state index contributed by atoms with van der Waals surface area (Å²) in [5.74, 6) is 1.59. The van der Waals surface area contributed by atoms with Crippen molar-refractivity contribution in [1.29, 1.82) is 0 Å². The lowest BCUT2D eigenvalue weighted by atomic mass is 9.92. The third-order valence-corrected chi connectivity index (χ3v) is 3.55. The fourth-order valence-corrected chi connectivity index (χ4v) is 2.69. The van der Waals surface area contributed by atoms with Crippen molar-refractivity contribution in [3.63, 3.8) is 0 Å². The van der Waals surface area contributed by atoms with Gasteiger partial charge in [0.2, 0.25) is 0 Å². The SMILES string of the molecule is CC(C)Oc1ccccc1[C@@H](N)C1CCCC1. The molecule has 0 bridgehead atoms. The van der Waals surface area contributed by atoms with Gasteiger partial charge in [0.05, 0.1) is 6.10 Å². The lowest BCUT2D eigenvalue weighted by molar-refractivity contribution is 0.236. The number of nitrogens with two attached hydrogens (primary N) is 1. The van der Waals surface area contributed by atoms with Gasteiger partial charge >= 0.3 is 0 Å². The van der Waals surface area contributed by atoms with E-state index in [0.29, 0.717) is 5.92 Å². The Kier molecular flexibility index (Phi) is 4.06. The average Bonchev–Trinajstić information content (AvgIpc) is 2.81. The van der Waals surface area contributed by atoms with Crippen molar-refractivity contribution < 1.29 is 4.74 Å². The molecule has 1 aromatic carbocycles. The Morgan fingerprint density at radius 3 is 2.47 bits per heavy atom. The normalized spacial score (nSPS) is 18.6. The number of hydrogen-bond donors (Lipinski definition) is 1. The minimum atomic E-state index is 0.132. The average molecular weight is 233 g/mol. The molecule has 0 spiro atoms. The molecule has 1 fully saturated rings. The van der Waals surface area contributed by atoms with E-state index in [0.717, 1.165) is 5.75 Å². The molecule has 1 atom stereocenters. The van der Waals surface area contributed by atoms with E-state index in [1.165, 1.54) is 31.2 Å². The van der Waals surface area contributed by atoms with Crippen LogP contribution >= 0.6 is 0 Å². The van der Waals surface area contributed by atoms with Crippen molar-refractivity contribution >= 4 is 0 Å². The van der Waals surface area contributed by atoms with Crippen LogP contribution in [0.2, 0.25) is 0 Å². The van der Waals surface area contributed by atoms with Crippen LogP contribution < -0.4 is 10.5 Å². The minimum absolute atomic E-state index is 0.132. The maximum atomic E-state index is 6.40. The third-order valence-electron chi connectivity index (χ3n) is 3.55. The molecule has 2 nitrogen and oxygen atoms in total. The van der Waals surface area contributed by atoms with E-state index in [4.69, 9.17) is 10.5 Å². The molecule has 1 saturated carbocycles. The second-order valence-electron chi connectivity index (χ2n) is 5.27. The van der Waals surface area contributed by atoms with Crippen molar-refractivity contribution in [3.05, 3.63) is 29.8 Å². The Balaban J connectivity index is 2.18. The predicted molar refractivity (Wildman–Crippen MR) is 71.1 cm³/mol. The molecule has 0 radical (unpaired) electrons. The molecule has 94 valence electrons. The summed E-state index contributed by atoms with van der Waals surface area (Å²) >= 11 is 0. The minimum Gasteiger partial charge on any atom is -0.491 e. The zero-order chi connectivity index (χ0) is 12.3. The summed E-state index contributed by atoms with van der Waals surface area (Å²) in [6, 6.07) is 8.34. The van der Waals surface area contributed by atoms with E-state index in [9.17, 15) is 0 Å². The van der Waals surface area contributed by atoms with Crippen LogP contribution in [0.3, 0.4) is 0 Å². The van der Waals surface area contributed by atoms with Crippen LogP contribution in [-0.4, -0.2) is 6.10 Å². The zero-order valence-electron chi connectivity index (χ0n) is 10.9. The quantitative estimate of drug-likeness (QED) is 0.861. The Morgan fingerprint density at radius 2 is 1.82 bits per heavy atom. The van der Waals surface area contributed by atoms with Crippen molar-refractivity contribution in [1.82, 2.24) is 0 Å². The smallest absolute Gasteiger partial charge is 0.124 e. The van der Waals surface area contributed by atoms with Crippen LogP contribution in [0.15, 0.2) is 24.3 Å². The summed E-state index contributed by atoms with van der Waals surface area (Å²) in [4.78, 5) is 0. The molecule has 1 aliphatic carbocycles. The number of benzene rings is 1. The molecule has 2 heteroatoms. The van der Waals surface area contributed by atoms with Gasteiger partial charge in [0, 0.05) is 11.6 Å². The lowest BCUT2D eigenvalue weighted by Crippen LogP contribution is -2.20. The van der Waals surface area contributed by atoms with Gasteiger partial charge in [-0.15, -0.1) is 0 Å². The fraction of sp³-hybridized carbons (Fsp3) is 0.600. The lowest BCUT2D eigenvalue weighted by Gasteiger charge is -2.23. The summed E-state index contributed by atoms with van der Waals surface area (Å²) in [6.45, 7) is 4.11. The summed E-state index contributed by atoms with van der Waals surface area (Å²) in [5.41, 5.74) is 7.57. The van der Waals surface area contributed by atoms with E-state index in [2.05, 4.69) is 26.0 Å². The highest BCUT2D eigenvalue weighted by Crippen LogP contribution is 2.37. The van der Waals surface area contributed by atoms with Crippen LogP contribution in [0.25, 0.3) is 0 Å². The number of ether oxygens (including phenoxy) is 1. The molecule has 0 aromatic heterocycles. The van der Waals surface area contributed by atoms with Crippen LogP contribution in [0.5, 0.6) is 5.75 Å². The summed E-state index contributed by atoms with van der Waals surface area (Å²) < 4.78 is 5.85. The number of para-hydroxylation sites is 1. The highest BCUT2D eigenvalue weighted by molar-refractivity contribution is 5.36. The van der Waals surface area contributed by atoms with E-state index in [1.807, 2.05) is 12.1 Å². The third kappa shape index (κ3) is 3.01. The molecule has 0 saturated heterocycles. The van der Waals surface area contributed by atoms with E-state index >= 15 is 0 Å². The summed E-state index contributed by atoms with van der Waals surface area (Å²) in [5, 5.41) is 0. The van der Waals surface area contributed by atoms with Crippen molar-refractivity contribution in [2.24, 2.45) is 11.7 Å². The molecule has 0 aliphatic heterocycles. The number of hydrogen-bond acceptors (Lipinski definition) is 2. The van der Waals surface area contributed by atoms with Gasteiger partial charge in [-0.25, -0.2) is 0 Å². The fourth-order valence-electron chi connectivity index (χ4n) is 2.69. The first-order valence-electron chi connectivity index (χ1n) is 6.69. The first-order valence-corrected chi connectivity index (χ1v) is 6.69. The van der Waals surface area contributed by atoms with Gasteiger partial charge in [-0.3, -0.25) is 0 Å². The Morgan fingerprint density at radius 1 is 1.18 bits per heavy atom. The molecular weight excluding hydrogens is 210 g/mol. The van der Waals surface area contributed by atoms with E-state index < -0.39 is 0 Å². The predicted octanol–water partition coefficient (Wildman–Crippen LogP) is 3.66. The maximum absolute atomic E-state index is 6.40. The molecule has 0 unspecified atom stereocenters. The van der Waals surface area contributed by atoms with Gasteiger partial charge in [-0.05, 0) is 38.7 Å². The Bertz CT molecular complexity index is 356. The largest absolute Gasteiger partial charge is 0.491 e. The van der Waals surface area contributed by atoms with E-state index in [-0.39, 0.29) is 12.1 Å². The van der Waals surface area contributed by atoms with E-state index in [1.54, 1.807) is 0 Å².